The molecule has 3 nitrogen and oxygen atoms in total. The fourth-order valence-electron chi connectivity index (χ4n) is 4.90. The van der Waals surface area contributed by atoms with E-state index in [-0.39, 0.29) is 5.91 Å². The van der Waals surface area contributed by atoms with E-state index in [2.05, 4.69) is 10.3 Å². The van der Waals surface area contributed by atoms with Gasteiger partial charge in [0.25, 0.3) is 5.91 Å². The lowest BCUT2D eigenvalue weighted by Gasteiger charge is -2.54. The summed E-state index contributed by atoms with van der Waals surface area (Å²) in [4.78, 5) is 16.3. The summed E-state index contributed by atoms with van der Waals surface area (Å²) in [6.07, 6.45) is 10.2. The number of carbonyl (C=O) groups is 1. The molecule has 0 unspecified atom stereocenters. The van der Waals surface area contributed by atoms with E-state index < -0.39 is 0 Å². The Bertz CT molecular complexity index is 457. The van der Waals surface area contributed by atoms with Crippen molar-refractivity contribution in [2.75, 3.05) is 0 Å². The summed E-state index contributed by atoms with van der Waals surface area (Å²) in [6, 6.07) is 4.02. The van der Waals surface area contributed by atoms with Crippen molar-refractivity contribution < 1.29 is 4.79 Å². The highest BCUT2D eigenvalue weighted by Gasteiger charge is 2.48. The zero-order valence-electron chi connectivity index (χ0n) is 11.1. The Morgan fingerprint density at radius 3 is 2.16 bits per heavy atom. The van der Waals surface area contributed by atoms with Crippen LogP contribution in [0.2, 0.25) is 0 Å². The molecule has 0 aliphatic heterocycles. The van der Waals surface area contributed by atoms with Crippen molar-refractivity contribution in [1.29, 1.82) is 0 Å². The van der Waals surface area contributed by atoms with Gasteiger partial charge >= 0.3 is 0 Å². The first-order valence-electron chi connectivity index (χ1n) is 7.50. The lowest BCUT2D eigenvalue weighted by atomic mass is 9.54. The van der Waals surface area contributed by atoms with Crippen molar-refractivity contribution in [2.24, 2.45) is 23.7 Å². The first-order valence-corrected chi connectivity index (χ1v) is 7.50. The molecule has 3 heteroatoms. The highest BCUT2D eigenvalue weighted by atomic mass is 16.1. The van der Waals surface area contributed by atoms with Crippen molar-refractivity contribution in [1.82, 2.24) is 10.3 Å². The summed E-state index contributed by atoms with van der Waals surface area (Å²) in [5, 5.41) is 3.31. The molecule has 1 aromatic heterocycles. The Morgan fingerprint density at radius 2 is 1.58 bits per heavy atom. The van der Waals surface area contributed by atoms with Gasteiger partial charge in [0.05, 0.1) is 0 Å². The average molecular weight is 256 g/mol. The van der Waals surface area contributed by atoms with Crippen LogP contribution in [0.5, 0.6) is 0 Å². The van der Waals surface area contributed by atoms with Gasteiger partial charge in [-0.05, 0) is 67.9 Å². The van der Waals surface area contributed by atoms with Gasteiger partial charge in [0.1, 0.15) is 0 Å². The van der Waals surface area contributed by atoms with Gasteiger partial charge < -0.3 is 5.32 Å². The number of pyridine rings is 1. The molecule has 4 aliphatic carbocycles. The number of hydrogen-bond acceptors (Lipinski definition) is 2. The third-order valence-electron chi connectivity index (χ3n) is 5.47. The molecule has 4 fully saturated rings. The van der Waals surface area contributed by atoms with Crippen molar-refractivity contribution >= 4 is 5.91 Å². The Hall–Kier alpha value is -1.38. The molecule has 4 aliphatic rings. The quantitative estimate of drug-likeness (QED) is 0.884. The van der Waals surface area contributed by atoms with Crippen molar-refractivity contribution in [2.45, 2.75) is 38.1 Å². The number of amides is 1. The molecule has 4 bridgehead atoms. The smallest absolute Gasteiger partial charge is 0.251 e. The normalized spacial score (nSPS) is 39.3. The predicted octanol–water partition coefficient (Wildman–Crippen LogP) is 2.64. The van der Waals surface area contributed by atoms with Crippen molar-refractivity contribution in [3.8, 4) is 0 Å². The second-order valence-corrected chi connectivity index (χ2v) is 6.67. The van der Waals surface area contributed by atoms with Gasteiger partial charge in [-0.15, -0.1) is 0 Å². The van der Waals surface area contributed by atoms with E-state index in [0.717, 1.165) is 29.2 Å². The number of hydrogen-bond donors (Lipinski definition) is 1. The average Bonchev–Trinajstić information content (AvgIpc) is 2.43. The van der Waals surface area contributed by atoms with Gasteiger partial charge in [-0.1, -0.05) is 0 Å². The maximum absolute atomic E-state index is 12.3. The number of nitrogens with one attached hydrogen (secondary N) is 1. The lowest BCUT2D eigenvalue weighted by molar-refractivity contribution is -0.0119. The van der Waals surface area contributed by atoms with Gasteiger partial charge in [-0.3, -0.25) is 9.78 Å². The highest BCUT2D eigenvalue weighted by Crippen LogP contribution is 2.53. The SMILES string of the molecule is O=C(NC1C2CC3CC(C2)CC1C3)c1ccncc1. The van der Waals surface area contributed by atoms with Gasteiger partial charge in [0, 0.05) is 24.0 Å². The third-order valence-corrected chi connectivity index (χ3v) is 5.47. The third kappa shape index (κ3) is 1.96. The minimum atomic E-state index is 0.0832. The van der Waals surface area contributed by atoms with Crippen LogP contribution in [-0.4, -0.2) is 16.9 Å². The van der Waals surface area contributed by atoms with E-state index >= 15 is 0 Å². The molecule has 100 valence electrons. The van der Waals surface area contributed by atoms with Crippen LogP contribution in [0.3, 0.4) is 0 Å². The molecule has 0 atom stereocenters. The van der Waals surface area contributed by atoms with Crippen LogP contribution >= 0.6 is 0 Å². The summed E-state index contributed by atoms with van der Waals surface area (Å²) in [6.45, 7) is 0. The van der Waals surface area contributed by atoms with Crippen molar-refractivity contribution in [3.05, 3.63) is 30.1 Å². The summed E-state index contributed by atoms with van der Waals surface area (Å²) in [5.74, 6) is 3.47. The Morgan fingerprint density at radius 1 is 1.00 bits per heavy atom. The molecule has 0 spiro atoms. The largest absolute Gasteiger partial charge is 0.349 e. The van der Waals surface area contributed by atoms with Gasteiger partial charge in [-0.25, -0.2) is 0 Å². The molecule has 0 aromatic carbocycles. The fourth-order valence-corrected chi connectivity index (χ4v) is 4.90. The fraction of sp³-hybridized carbons (Fsp3) is 0.625. The Balaban J connectivity index is 1.50. The second kappa shape index (κ2) is 4.32. The summed E-state index contributed by atoms with van der Waals surface area (Å²) < 4.78 is 0. The van der Waals surface area contributed by atoms with Crippen LogP contribution in [0.1, 0.15) is 42.5 Å². The van der Waals surface area contributed by atoms with E-state index in [4.69, 9.17) is 0 Å². The summed E-state index contributed by atoms with van der Waals surface area (Å²) in [5.41, 5.74) is 0.740. The zero-order chi connectivity index (χ0) is 12.8. The zero-order valence-corrected chi connectivity index (χ0v) is 11.1. The number of aromatic nitrogens is 1. The van der Waals surface area contributed by atoms with E-state index in [1.54, 1.807) is 24.5 Å². The molecule has 1 amide bonds. The summed E-state index contributed by atoms with van der Waals surface area (Å²) >= 11 is 0. The minimum absolute atomic E-state index is 0.0832. The van der Waals surface area contributed by atoms with Gasteiger partial charge in [-0.2, -0.15) is 0 Å². The van der Waals surface area contributed by atoms with Crippen LogP contribution < -0.4 is 5.32 Å². The van der Waals surface area contributed by atoms with Crippen LogP contribution in [0.4, 0.5) is 0 Å². The Kier molecular flexibility index (Phi) is 2.61. The second-order valence-electron chi connectivity index (χ2n) is 6.67. The van der Waals surface area contributed by atoms with E-state index in [1.807, 2.05) is 0 Å². The maximum atomic E-state index is 12.3. The minimum Gasteiger partial charge on any atom is -0.349 e. The van der Waals surface area contributed by atoms with Crippen LogP contribution in [0.25, 0.3) is 0 Å². The molecule has 5 rings (SSSR count). The molecule has 0 saturated heterocycles. The number of rotatable bonds is 2. The molecular formula is C16H20N2O. The molecular weight excluding hydrogens is 236 g/mol. The molecule has 1 aromatic rings. The topological polar surface area (TPSA) is 42.0 Å². The highest BCUT2D eigenvalue weighted by molar-refractivity contribution is 5.94. The Labute approximate surface area is 113 Å². The molecule has 0 radical (unpaired) electrons. The lowest BCUT2D eigenvalue weighted by Crippen LogP contribution is -2.55. The van der Waals surface area contributed by atoms with Crippen LogP contribution in [0, 0.1) is 23.7 Å². The molecule has 4 saturated carbocycles. The van der Waals surface area contributed by atoms with E-state index in [1.165, 1.54) is 32.1 Å². The summed E-state index contributed by atoms with van der Waals surface area (Å²) in [7, 11) is 0. The van der Waals surface area contributed by atoms with Gasteiger partial charge in [0.15, 0.2) is 0 Å². The number of nitrogens with zero attached hydrogens (tertiary/aromatic N) is 1. The molecule has 1 heterocycles. The standard InChI is InChI=1S/C16H20N2O/c19-16(12-1-3-17-4-2-12)18-15-13-6-10-5-11(8-13)9-14(15)7-10/h1-4,10-11,13-15H,5-9H2,(H,18,19). The van der Waals surface area contributed by atoms with Gasteiger partial charge in [0.2, 0.25) is 0 Å². The number of carbonyl (C=O) groups excluding carboxylic acids is 1. The van der Waals surface area contributed by atoms with Crippen LogP contribution in [0.15, 0.2) is 24.5 Å². The van der Waals surface area contributed by atoms with Crippen molar-refractivity contribution in [3.63, 3.8) is 0 Å². The first-order chi connectivity index (χ1) is 9.29. The van der Waals surface area contributed by atoms with E-state index in [0.29, 0.717) is 6.04 Å². The van der Waals surface area contributed by atoms with E-state index in [9.17, 15) is 4.79 Å². The first kappa shape index (κ1) is 11.4. The molecule has 1 N–H and O–H groups in total. The monoisotopic (exact) mass is 256 g/mol. The molecule has 19 heavy (non-hydrogen) atoms. The maximum Gasteiger partial charge on any atom is 0.251 e. The predicted molar refractivity (Wildman–Crippen MR) is 72.5 cm³/mol. The van der Waals surface area contributed by atoms with Crippen LogP contribution in [-0.2, 0) is 0 Å².